The summed E-state index contributed by atoms with van der Waals surface area (Å²) in [5, 5.41) is 0.975. The third-order valence-electron chi connectivity index (χ3n) is 6.84. The fourth-order valence-corrected chi connectivity index (χ4v) is 5.76. The summed E-state index contributed by atoms with van der Waals surface area (Å²) in [4.78, 5) is 27.1. The lowest BCUT2D eigenvalue weighted by Gasteiger charge is -2.50. The maximum absolute atomic E-state index is 6.71. The SMILES string of the molecule is Nc1nc(N2CCC3(CC2)CCN(c2ncccn2)CC3N)cnc1Sc1ccnc(N)c1Cl. The number of rotatable bonds is 4. The molecule has 2 fully saturated rings. The van der Waals surface area contributed by atoms with E-state index in [1.165, 1.54) is 11.8 Å². The van der Waals surface area contributed by atoms with Crippen molar-refractivity contribution in [1.29, 1.82) is 0 Å². The fourth-order valence-electron chi connectivity index (χ4n) is 4.74. The molecule has 0 aromatic carbocycles. The lowest BCUT2D eigenvalue weighted by molar-refractivity contribution is 0.135. The van der Waals surface area contributed by atoms with Crippen molar-refractivity contribution in [2.45, 2.75) is 35.2 Å². The van der Waals surface area contributed by atoms with Gasteiger partial charge in [0.2, 0.25) is 5.95 Å². The number of piperidine rings is 2. The highest BCUT2D eigenvalue weighted by Crippen LogP contribution is 2.42. The van der Waals surface area contributed by atoms with Crippen LogP contribution in [0.15, 0.2) is 46.8 Å². The van der Waals surface area contributed by atoms with Crippen molar-refractivity contribution in [3.8, 4) is 0 Å². The Balaban J connectivity index is 1.23. The minimum Gasteiger partial charge on any atom is -0.382 e. The zero-order valence-electron chi connectivity index (χ0n) is 18.6. The molecule has 0 amide bonds. The van der Waals surface area contributed by atoms with Gasteiger partial charge >= 0.3 is 0 Å². The summed E-state index contributed by atoms with van der Waals surface area (Å²) in [6.07, 6.45) is 9.95. The van der Waals surface area contributed by atoms with Crippen LogP contribution in [-0.2, 0) is 0 Å². The Morgan fingerprint density at radius 2 is 1.65 bits per heavy atom. The van der Waals surface area contributed by atoms with Gasteiger partial charge in [0, 0.05) is 55.7 Å². The van der Waals surface area contributed by atoms with Crippen molar-refractivity contribution in [3.05, 3.63) is 41.9 Å². The van der Waals surface area contributed by atoms with Crippen LogP contribution in [0, 0.1) is 5.41 Å². The Kier molecular flexibility index (Phi) is 6.32. The second kappa shape index (κ2) is 9.40. The molecule has 2 aliphatic heterocycles. The van der Waals surface area contributed by atoms with Gasteiger partial charge in [-0.1, -0.05) is 23.4 Å². The van der Waals surface area contributed by atoms with E-state index >= 15 is 0 Å². The molecule has 5 heterocycles. The molecule has 10 nitrogen and oxygen atoms in total. The number of halogens is 1. The first kappa shape index (κ1) is 22.9. The molecule has 1 spiro atoms. The largest absolute Gasteiger partial charge is 0.382 e. The van der Waals surface area contributed by atoms with Gasteiger partial charge in [0.1, 0.15) is 16.7 Å². The number of anilines is 4. The maximum Gasteiger partial charge on any atom is 0.225 e. The summed E-state index contributed by atoms with van der Waals surface area (Å²) < 4.78 is 0. The maximum atomic E-state index is 6.71. The van der Waals surface area contributed by atoms with Gasteiger partial charge in [-0.3, -0.25) is 0 Å². The average molecular weight is 499 g/mol. The highest BCUT2D eigenvalue weighted by molar-refractivity contribution is 7.99. The predicted molar refractivity (Wildman–Crippen MR) is 135 cm³/mol. The Hall–Kier alpha value is -2.89. The van der Waals surface area contributed by atoms with Crippen LogP contribution in [0.5, 0.6) is 0 Å². The fraction of sp³-hybridized carbons (Fsp3) is 0.409. The van der Waals surface area contributed by atoms with E-state index in [1.54, 1.807) is 30.9 Å². The predicted octanol–water partition coefficient (Wildman–Crippen LogP) is 2.45. The molecule has 34 heavy (non-hydrogen) atoms. The first-order valence-electron chi connectivity index (χ1n) is 11.2. The Morgan fingerprint density at radius 3 is 2.32 bits per heavy atom. The lowest BCUT2D eigenvalue weighted by atomic mass is 9.68. The van der Waals surface area contributed by atoms with E-state index in [-0.39, 0.29) is 17.3 Å². The minimum absolute atomic E-state index is 0.0692. The Labute approximate surface area is 207 Å². The van der Waals surface area contributed by atoms with Crippen LogP contribution in [0.25, 0.3) is 0 Å². The van der Waals surface area contributed by atoms with Crippen LogP contribution in [0.1, 0.15) is 19.3 Å². The molecule has 0 saturated carbocycles. The number of nitrogens with zero attached hydrogens (tertiary/aromatic N) is 7. The third kappa shape index (κ3) is 4.42. The van der Waals surface area contributed by atoms with Gasteiger partial charge in [0.25, 0.3) is 0 Å². The highest BCUT2D eigenvalue weighted by Gasteiger charge is 2.43. The number of aromatic nitrogens is 5. The van der Waals surface area contributed by atoms with E-state index < -0.39 is 0 Å². The van der Waals surface area contributed by atoms with Gasteiger partial charge in [-0.05, 0) is 36.8 Å². The standard InChI is InChI=1S/C22H27ClN10S/c23-17-14(2-8-27-18(17)25)34-20-19(26)31-16(12-30-20)32-9-3-22(4-10-32)5-11-33(13-15(22)24)21-28-6-1-7-29-21/h1-2,6-8,12,15H,3-5,9-11,13,24H2,(H2,25,27)(H2,26,31). The molecule has 0 bridgehead atoms. The van der Waals surface area contributed by atoms with E-state index in [0.717, 1.165) is 62.1 Å². The molecule has 1 atom stereocenters. The number of nitrogen functional groups attached to an aromatic ring is 2. The second-order valence-electron chi connectivity index (χ2n) is 8.73. The van der Waals surface area contributed by atoms with Crippen molar-refractivity contribution in [1.82, 2.24) is 24.9 Å². The average Bonchev–Trinajstić information content (AvgIpc) is 2.86. The lowest BCUT2D eigenvalue weighted by Crippen LogP contribution is -2.59. The zero-order chi connectivity index (χ0) is 23.7. The smallest absolute Gasteiger partial charge is 0.225 e. The summed E-state index contributed by atoms with van der Waals surface area (Å²) in [5.41, 5.74) is 18.9. The number of nitrogens with two attached hydrogens (primary N) is 3. The van der Waals surface area contributed by atoms with Crippen molar-refractivity contribution >= 4 is 46.8 Å². The van der Waals surface area contributed by atoms with Crippen LogP contribution in [-0.4, -0.2) is 57.1 Å². The van der Waals surface area contributed by atoms with Crippen LogP contribution >= 0.6 is 23.4 Å². The van der Waals surface area contributed by atoms with Gasteiger partial charge < -0.3 is 27.0 Å². The van der Waals surface area contributed by atoms with Gasteiger partial charge in [0.05, 0.1) is 11.2 Å². The normalized spacial score (nSPS) is 20.0. The number of pyridine rings is 1. The molecule has 178 valence electrons. The number of hydrogen-bond acceptors (Lipinski definition) is 11. The third-order valence-corrected chi connectivity index (χ3v) is 8.42. The van der Waals surface area contributed by atoms with Crippen LogP contribution in [0.2, 0.25) is 5.02 Å². The molecule has 5 rings (SSSR count). The van der Waals surface area contributed by atoms with E-state index in [4.69, 9.17) is 28.8 Å². The minimum atomic E-state index is 0.0692. The van der Waals surface area contributed by atoms with Gasteiger partial charge in [-0.2, -0.15) is 0 Å². The zero-order valence-corrected chi connectivity index (χ0v) is 20.2. The van der Waals surface area contributed by atoms with Crippen molar-refractivity contribution in [2.75, 3.05) is 47.4 Å². The summed E-state index contributed by atoms with van der Waals surface area (Å²) in [5.74, 6) is 2.17. The number of hydrogen-bond donors (Lipinski definition) is 3. The van der Waals surface area contributed by atoms with E-state index in [2.05, 4.69) is 34.7 Å². The molecular formula is C22H27ClN10S. The topological polar surface area (TPSA) is 149 Å². The molecule has 2 aliphatic rings. The molecule has 1 unspecified atom stereocenters. The molecule has 3 aromatic rings. The molecule has 12 heteroatoms. The second-order valence-corrected chi connectivity index (χ2v) is 10.1. The van der Waals surface area contributed by atoms with Crippen LogP contribution < -0.4 is 27.0 Å². The molecule has 0 aliphatic carbocycles. The van der Waals surface area contributed by atoms with Gasteiger partial charge in [-0.15, -0.1) is 0 Å². The van der Waals surface area contributed by atoms with Crippen molar-refractivity contribution in [3.63, 3.8) is 0 Å². The first-order valence-corrected chi connectivity index (χ1v) is 12.4. The van der Waals surface area contributed by atoms with Crippen molar-refractivity contribution < 1.29 is 0 Å². The summed E-state index contributed by atoms with van der Waals surface area (Å²) in [6, 6.07) is 3.68. The monoisotopic (exact) mass is 498 g/mol. The van der Waals surface area contributed by atoms with Crippen molar-refractivity contribution in [2.24, 2.45) is 11.1 Å². The highest BCUT2D eigenvalue weighted by atomic mass is 35.5. The molecular weight excluding hydrogens is 472 g/mol. The van der Waals surface area contributed by atoms with Crippen LogP contribution in [0.3, 0.4) is 0 Å². The first-order chi connectivity index (χ1) is 16.4. The quantitative estimate of drug-likeness (QED) is 0.486. The van der Waals surface area contributed by atoms with E-state index in [0.29, 0.717) is 15.9 Å². The molecule has 3 aromatic heterocycles. The summed E-state index contributed by atoms with van der Waals surface area (Å²) in [6.45, 7) is 3.41. The van der Waals surface area contributed by atoms with E-state index in [1.807, 2.05) is 6.07 Å². The Morgan fingerprint density at radius 1 is 0.941 bits per heavy atom. The van der Waals surface area contributed by atoms with Crippen LogP contribution in [0.4, 0.5) is 23.4 Å². The molecule has 0 radical (unpaired) electrons. The van der Waals surface area contributed by atoms with E-state index in [9.17, 15) is 0 Å². The van der Waals surface area contributed by atoms with Gasteiger partial charge in [-0.25, -0.2) is 24.9 Å². The molecule has 2 saturated heterocycles. The van der Waals surface area contributed by atoms with Gasteiger partial charge in [0.15, 0.2) is 5.82 Å². The molecule has 6 N–H and O–H groups in total. The Bertz CT molecular complexity index is 1160. The summed E-state index contributed by atoms with van der Waals surface area (Å²) in [7, 11) is 0. The summed E-state index contributed by atoms with van der Waals surface area (Å²) >= 11 is 7.58.